The zero-order chi connectivity index (χ0) is 14.0. The lowest BCUT2D eigenvalue weighted by molar-refractivity contribution is -0.141. The Kier molecular flexibility index (Phi) is 9.98. The van der Waals surface area contributed by atoms with E-state index in [0.717, 1.165) is 26.1 Å². The van der Waals surface area contributed by atoms with Crippen LogP contribution in [0.25, 0.3) is 0 Å². The highest BCUT2D eigenvalue weighted by Crippen LogP contribution is 2.05. The largest absolute Gasteiger partial charge is 0.481 e. The van der Waals surface area contributed by atoms with Crippen molar-refractivity contribution in [3.8, 4) is 0 Å². The third-order valence-electron chi connectivity index (χ3n) is 3.11. The van der Waals surface area contributed by atoms with Crippen molar-refractivity contribution in [2.24, 2.45) is 5.92 Å². The molecule has 1 N–H and O–H groups in total. The molecule has 4 nitrogen and oxygen atoms in total. The first-order valence-corrected chi connectivity index (χ1v) is 7.07. The number of hydrogen-bond acceptors (Lipinski definition) is 3. The Hall–Kier alpha value is -0.610. The van der Waals surface area contributed by atoms with Crippen LogP contribution in [0.15, 0.2) is 0 Å². The number of aliphatic carboxylic acids is 1. The number of unbranched alkanes of at least 4 members (excludes halogenated alkanes) is 2. The van der Waals surface area contributed by atoms with Gasteiger partial charge in [0.1, 0.15) is 0 Å². The highest BCUT2D eigenvalue weighted by Gasteiger charge is 2.15. The Labute approximate surface area is 112 Å². The van der Waals surface area contributed by atoms with Gasteiger partial charge in [-0.05, 0) is 46.6 Å². The summed E-state index contributed by atoms with van der Waals surface area (Å²) < 4.78 is 0. The third kappa shape index (κ3) is 9.42. The molecule has 1 unspecified atom stereocenters. The van der Waals surface area contributed by atoms with Crippen LogP contribution in [-0.4, -0.2) is 61.2 Å². The molecule has 108 valence electrons. The van der Waals surface area contributed by atoms with Gasteiger partial charge in [0.05, 0.1) is 5.92 Å². The van der Waals surface area contributed by atoms with Crippen molar-refractivity contribution in [2.75, 3.05) is 40.3 Å². The molecule has 0 rings (SSSR count). The number of carbonyl (C=O) groups is 1. The van der Waals surface area contributed by atoms with Crippen LogP contribution in [0, 0.1) is 5.92 Å². The lowest BCUT2D eigenvalue weighted by Crippen LogP contribution is -2.34. The summed E-state index contributed by atoms with van der Waals surface area (Å²) in [5.74, 6) is -0.964. The molecule has 0 radical (unpaired) electrons. The van der Waals surface area contributed by atoms with Crippen LogP contribution in [-0.2, 0) is 4.79 Å². The Morgan fingerprint density at radius 3 is 2.22 bits per heavy atom. The molecule has 0 saturated carbocycles. The van der Waals surface area contributed by atoms with Crippen LogP contribution in [0.2, 0.25) is 0 Å². The fourth-order valence-corrected chi connectivity index (χ4v) is 1.96. The van der Waals surface area contributed by atoms with Gasteiger partial charge >= 0.3 is 5.97 Å². The smallest absolute Gasteiger partial charge is 0.307 e. The predicted octanol–water partition coefficient (Wildman–Crippen LogP) is 2.15. The second kappa shape index (κ2) is 10.3. The maximum Gasteiger partial charge on any atom is 0.307 e. The molecule has 0 aliphatic heterocycles. The molecule has 0 heterocycles. The van der Waals surface area contributed by atoms with Crippen molar-refractivity contribution in [3.63, 3.8) is 0 Å². The second-order valence-electron chi connectivity index (χ2n) is 5.40. The fourth-order valence-electron chi connectivity index (χ4n) is 1.96. The SMILES string of the molecule is CCCCCN(CCCN(C)C)CC(C)C(=O)O. The minimum absolute atomic E-state index is 0.272. The first-order chi connectivity index (χ1) is 8.47. The van der Waals surface area contributed by atoms with Gasteiger partial charge in [-0.2, -0.15) is 0 Å². The molecule has 0 aliphatic carbocycles. The minimum atomic E-state index is -0.692. The summed E-state index contributed by atoms with van der Waals surface area (Å²) in [7, 11) is 4.14. The minimum Gasteiger partial charge on any atom is -0.481 e. The van der Waals surface area contributed by atoms with Gasteiger partial charge in [0, 0.05) is 6.54 Å². The molecule has 0 aliphatic rings. The summed E-state index contributed by atoms with van der Waals surface area (Å²) in [4.78, 5) is 15.4. The van der Waals surface area contributed by atoms with Gasteiger partial charge in [0.2, 0.25) is 0 Å². The van der Waals surface area contributed by atoms with Gasteiger partial charge in [-0.1, -0.05) is 26.7 Å². The van der Waals surface area contributed by atoms with E-state index >= 15 is 0 Å². The molecule has 0 aromatic rings. The number of rotatable bonds is 11. The lowest BCUT2D eigenvalue weighted by atomic mass is 10.1. The molecule has 0 bridgehead atoms. The summed E-state index contributed by atoms with van der Waals surface area (Å²) in [6.45, 7) is 7.74. The second-order valence-corrected chi connectivity index (χ2v) is 5.40. The van der Waals surface area contributed by atoms with Gasteiger partial charge in [-0.15, -0.1) is 0 Å². The van der Waals surface area contributed by atoms with Crippen molar-refractivity contribution in [1.29, 1.82) is 0 Å². The molecule has 0 aromatic heterocycles. The van der Waals surface area contributed by atoms with Gasteiger partial charge in [-0.3, -0.25) is 4.79 Å². The summed E-state index contributed by atoms with van der Waals surface area (Å²) in [5.41, 5.74) is 0. The van der Waals surface area contributed by atoms with E-state index in [9.17, 15) is 4.79 Å². The van der Waals surface area contributed by atoms with Gasteiger partial charge in [-0.25, -0.2) is 0 Å². The van der Waals surface area contributed by atoms with E-state index in [2.05, 4.69) is 30.8 Å². The van der Waals surface area contributed by atoms with Crippen molar-refractivity contribution >= 4 is 5.97 Å². The molecule has 0 fully saturated rings. The van der Waals surface area contributed by atoms with E-state index in [1.807, 2.05) is 0 Å². The van der Waals surface area contributed by atoms with Crippen molar-refractivity contribution < 1.29 is 9.90 Å². The number of nitrogens with zero attached hydrogens (tertiary/aromatic N) is 2. The average molecular weight is 258 g/mol. The summed E-state index contributed by atoms with van der Waals surface area (Å²) in [6, 6.07) is 0. The molecular formula is C14H30N2O2. The van der Waals surface area contributed by atoms with Gasteiger partial charge < -0.3 is 14.9 Å². The van der Waals surface area contributed by atoms with Crippen LogP contribution in [0.5, 0.6) is 0 Å². The van der Waals surface area contributed by atoms with Crippen LogP contribution >= 0.6 is 0 Å². The first-order valence-electron chi connectivity index (χ1n) is 7.07. The Morgan fingerprint density at radius 2 is 1.72 bits per heavy atom. The molecule has 0 aromatic carbocycles. The Bertz CT molecular complexity index is 220. The molecular weight excluding hydrogens is 228 g/mol. The molecule has 4 heteroatoms. The van der Waals surface area contributed by atoms with E-state index in [0.29, 0.717) is 6.54 Å². The normalized spacial score (nSPS) is 13.2. The van der Waals surface area contributed by atoms with Crippen molar-refractivity contribution in [3.05, 3.63) is 0 Å². The highest BCUT2D eigenvalue weighted by atomic mass is 16.4. The third-order valence-corrected chi connectivity index (χ3v) is 3.11. The number of hydrogen-bond donors (Lipinski definition) is 1. The van der Waals surface area contributed by atoms with Crippen molar-refractivity contribution in [1.82, 2.24) is 9.80 Å². The summed E-state index contributed by atoms with van der Waals surface area (Å²) >= 11 is 0. The van der Waals surface area contributed by atoms with Crippen molar-refractivity contribution in [2.45, 2.75) is 39.5 Å². The monoisotopic (exact) mass is 258 g/mol. The quantitative estimate of drug-likeness (QED) is 0.577. The Morgan fingerprint density at radius 1 is 1.11 bits per heavy atom. The van der Waals surface area contributed by atoms with E-state index in [1.54, 1.807) is 6.92 Å². The van der Waals surface area contributed by atoms with E-state index in [-0.39, 0.29) is 5.92 Å². The standard InChI is InChI=1S/C14H30N2O2/c1-5-6-7-10-16(11-8-9-15(3)4)12-13(2)14(17)18/h13H,5-12H2,1-4H3,(H,17,18). The first kappa shape index (κ1) is 17.4. The van der Waals surface area contributed by atoms with E-state index in [1.165, 1.54) is 19.3 Å². The van der Waals surface area contributed by atoms with Crippen LogP contribution in [0.1, 0.15) is 39.5 Å². The fraction of sp³-hybridized carbons (Fsp3) is 0.929. The van der Waals surface area contributed by atoms with Crippen LogP contribution < -0.4 is 0 Å². The van der Waals surface area contributed by atoms with E-state index in [4.69, 9.17) is 5.11 Å². The maximum atomic E-state index is 10.9. The highest BCUT2D eigenvalue weighted by molar-refractivity contribution is 5.69. The molecule has 0 amide bonds. The molecule has 0 spiro atoms. The van der Waals surface area contributed by atoms with Gasteiger partial charge in [0.15, 0.2) is 0 Å². The summed E-state index contributed by atoms with van der Waals surface area (Å²) in [6.07, 6.45) is 4.71. The Balaban J connectivity index is 4.02. The van der Waals surface area contributed by atoms with Crippen LogP contribution in [0.4, 0.5) is 0 Å². The van der Waals surface area contributed by atoms with Crippen LogP contribution in [0.3, 0.4) is 0 Å². The average Bonchev–Trinajstić information content (AvgIpc) is 2.28. The molecule has 1 atom stereocenters. The summed E-state index contributed by atoms with van der Waals surface area (Å²) in [5, 5.41) is 8.98. The van der Waals surface area contributed by atoms with Gasteiger partial charge in [0.25, 0.3) is 0 Å². The number of carboxylic acids is 1. The zero-order valence-electron chi connectivity index (χ0n) is 12.5. The lowest BCUT2D eigenvalue weighted by Gasteiger charge is -2.24. The zero-order valence-corrected chi connectivity index (χ0v) is 12.5. The molecule has 18 heavy (non-hydrogen) atoms. The van der Waals surface area contributed by atoms with E-state index < -0.39 is 5.97 Å². The predicted molar refractivity (Wildman–Crippen MR) is 75.9 cm³/mol. The molecule has 0 saturated heterocycles. The topological polar surface area (TPSA) is 43.8 Å². The number of carboxylic acid groups (broad SMARTS) is 1. The maximum absolute atomic E-state index is 10.9.